The molecule has 0 unspecified atom stereocenters. The van der Waals surface area contributed by atoms with Crippen molar-refractivity contribution >= 4 is 37.1 Å². The lowest BCUT2D eigenvalue weighted by Crippen LogP contribution is -2.40. The van der Waals surface area contributed by atoms with E-state index in [1.165, 1.54) is 16.4 Å². The van der Waals surface area contributed by atoms with E-state index in [0.29, 0.717) is 18.8 Å². The zero-order valence-corrected chi connectivity index (χ0v) is 16.0. The summed E-state index contributed by atoms with van der Waals surface area (Å²) in [4.78, 5) is 0.0979. The van der Waals surface area contributed by atoms with Crippen molar-refractivity contribution in [1.29, 1.82) is 0 Å². The minimum absolute atomic E-state index is 0.0979. The van der Waals surface area contributed by atoms with Gasteiger partial charge in [-0.25, -0.2) is 16.8 Å². The number of rotatable bonds is 5. The quantitative estimate of drug-likeness (QED) is 0.824. The maximum Gasteiger partial charge on any atom is 0.271 e. The zero-order valence-electron chi connectivity index (χ0n) is 13.5. The van der Waals surface area contributed by atoms with E-state index in [2.05, 4.69) is 4.72 Å². The maximum absolute atomic E-state index is 12.8. The second-order valence-electron chi connectivity index (χ2n) is 5.53. The molecule has 3 rings (SSSR count). The number of nitrogens with zero attached hydrogens (tertiary/aromatic N) is 1. The van der Waals surface area contributed by atoms with Crippen molar-refractivity contribution in [2.45, 2.75) is 16.0 Å². The van der Waals surface area contributed by atoms with Gasteiger partial charge in [0, 0.05) is 13.1 Å². The van der Waals surface area contributed by atoms with Crippen LogP contribution in [0.4, 0.5) is 5.69 Å². The van der Waals surface area contributed by atoms with Crippen molar-refractivity contribution in [3.8, 4) is 0 Å². The van der Waals surface area contributed by atoms with Crippen molar-refractivity contribution in [3.05, 3.63) is 41.3 Å². The summed E-state index contributed by atoms with van der Waals surface area (Å²) in [6, 6.07) is 7.65. The first-order valence-electron chi connectivity index (χ1n) is 7.55. The molecule has 1 aromatic heterocycles. The molecule has 1 aromatic carbocycles. The molecule has 136 valence electrons. The van der Waals surface area contributed by atoms with Crippen LogP contribution in [0, 0.1) is 6.92 Å². The summed E-state index contributed by atoms with van der Waals surface area (Å²) >= 11 is 1.09. The van der Waals surface area contributed by atoms with Crippen molar-refractivity contribution < 1.29 is 21.6 Å². The summed E-state index contributed by atoms with van der Waals surface area (Å²) in [6.07, 6.45) is 0. The van der Waals surface area contributed by atoms with Crippen molar-refractivity contribution in [3.63, 3.8) is 0 Å². The monoisotopic (exact) mass is 402 g/mol. The van der Waals surface area contributed by atoms with Crippen LogP contribution >= 0.6 is 11.3 Å². The Bertz CT molecular complexity index is 947. The van der Waals surface area contributed by atoms with Crippen LogP contribution in [0.15, 0.2) is 44.8 Å². The highest BCUT2D eigenvalue weighted by atomic mass is 32.2. The van der Waals surface area contributed by atoms with Crippen LogP contribution in [0.1, 0.15) is 5.56 Å². The molecule has 0 radical (unpaired) electrons. The van der Waals surface area contributed by atoms with Gasteiger partial charge in [0.25, 0.3) is 10.0 Å². The number of aryl methyl sites for hydroxylation is 1. The Kier molecular flexibility index (Phi) is 5.16. The first-order valence-corrected chi connectivity index (χ1v) is 11.4. The SMILES string of the molecule is Cc1ccc(NS(=O)(=O)c2cccs2)cc1S(=O)(=O)N1CCOCC1. The first kappa shape index (κ1) is 18.3. The van der Waals surface area contributed by atoms with Crippen LogP contribution in [0.3, 0.4) is 0 Å². The molecule has 1 fully saturated rings. The summed E-state index contributed by atoms with van der Waals surface area (Å²) in [5, 5.41) is 1.66. The highest BCUT2D eigenvalue weighted by Crippen LogP contribution is 2.26. The van der Waals surface area contributed by atoms with Crippen molar-refractivity contribution in [2.75, 3.05) is 31.0 Å². The van der Waals surface area contributed by atoms with Gasteiger partial charge in [-0.2, -0.15) is 4.31 Å². The fourth-order valence-electron chi connectivity index (χ4n) is 2.49. The molecule has 10 heteroatoms. The van der Waals surface area contributed by atoms with Gasteiger partial charge in [0.1, 0.15) is 4.21 Å². The Hall–Kier alpha value is -1.46. The molecule has 0 bridgehead atoms. The van der Waals surface area contributed by atoms with Gasteiger partial charge in [0.15, 0.2) is 0 Å². The molecule has 1 N–H and O–H groups in total. The predicted molar refractivity (Wildman–Crippen MR) is 95.9 cm³/mol. The number of nitrogens with one attached hydrogen (secondary N) is 1. The number of hydrogen-bond acceptors (Lipinski definition) is 6. The minimum atomic E-state index is -3.73. The molecule has 0 atom stereocenters. The lowest BCUT2D eigenvalue weighted by Gasteiger charge is -2.26. The molecule has 0 amide bonds. The van der Waals surface area contributed by atoms with Crippen LogP contribution in [-0.4, -0.2) is 47.4 Å². The topological polar surface area (TPSA) is 92.8 Å². The number of benzene rings is 1. The molecule has 1 aliphatic rings. The average Bonchev–Trinajstić information content (AvgIpc) is 3.13. The summed E-state index contributed by atoms with van der Waals surface area (Å²) in [6.45, 7) is 2.96. The summed E-state index contributed by atoms with van der Waals surface area (Å²) in [5.74, 6) is 0. The number of anilines is 1. The zero-order chi connectivity index (χ0) is 18.1. The van der Waals surface area contributed by atoms with Crippen molar-refractivity contribution in [2.24, 2.45) is 0 Å². The van der Waals surface area contributed by atoms with Gasteiger partial charge in [-0.05, 0) is 36.1 Å². The lowest BCUT2D eigenvalue weighted by atomic mass is 10.2. The highest BCUT2D eigenvalue weighted by molar-refractivity contribution is 7.94. The third-order valence-corrected chi connectivity index (χ3v) is 8.61. The molecule has 25 heavy (non-hydrogen) atoms. The number of morpholine rings is 1. The fourth-order valence-corrected chi connectivity index (χ4v) is 6.19. The van der Waals surface area contributed by atoms with E-state index in [4.69, 9.17) is 4.74 Å². The van der Waals surface area contributed by atoms with Crippen LogP contribution in [0.5, 0.6) is 0 Å². The van der Waals surface area contributed by atoms with Crippen LogP contribution < -0.4 is 4.72 Å². The van der Waals surface area contributed by atoms with Gasteiger partial charge < -0.3 is 4.74 Å². The van der Waals surface area contributed by atoms with Crippen LogP contribution in [-0.2, 0) is 24.8 Å². The first-order chi connectivity index (χ1) is 11.8. The smallest absolute Gasteiger partial charge is 0.271 e. The van der Waals surface area contributed by atoms with E-state index in [1.807, 2.05) is 0 Å². The molecule has 0 aliphatic carbocycles. The summed E-state index contributed by atoms with van der Waals surface area (Å²) < 4.78 is 59.5. The molecule has 1 saturated heterocycles. The van der Waals surface area contributed by atoms with Gasteiger partial charge in [-0.15, -0.1) is 11.3 Å². The third-order valence-electron chi connectivity index (χ3n) is 3.79. The summed E-state index contributed by atoms with van der Waals surface area (Å²) in [7, 11) is -7.43. The molecule has 2 heterocycles. The average molecular weight is 403 g/mol. The standard InChI is InChI=1S/C15H18N2O5S3/c1-12-4-5-13(16-24(18,19)15-3-2-10-23-15)11-14(12)25(20,21)17-6-8-22-9-7-17/h2-5,10-11,16H,6-9H2,1H3. The van der Waals surface area contributed by atoms with Crippen LogP contribution in [0.2, 0.25) is 0 Å². The van der Waals surface area contributed by atoms with Gasteiger partial charge >= 0.3 is 0 Å². The Labute approximate surface area is 151 Å². The second kappa shape index (κ2) is 7.04. The van der Waals surface area contributed by atoms with E-state index in [-0.39, 0.29) is 27.9 Å². The van der Waals surface area contributed by atoms with E-state index in [0.717, 1.165) is 11.3 Å². The molecule has 0 saturated carbocycles. The maximum atomic E-state index is 12.8. The van der Waals surface area contributed by atoms with Gasteiger partial charge in [0.2, 0.25) is 10.0 Å². The predicted octanol–water partition coefficient (Wildman–Crippen LogP) is 1.88. The molecular weight excluding hydrogens is 384 g/mol. The molecule has 7 nitrogen and oxygen atoms in total. The molecule has 2 aromatic rings. The third kappa shape index (κ3) is 3.87. The Morgan fingerprint density at radius 2 is 1.84 bits per heavy atom. The molecular formula is C15H18N2O5S3. The van der Waals surface area contributed by atoms with E-state index in [1.54, 1.807) is 30.5 Å². The Balaban J connectivity index is 1.93. The molecule has 0 spiro atoms. The van der Waals surface area contributed by atoms with E-state index < -0.39 is 20.0 Å². The number of sulfonamides is 2. The van der Waals surface area contributed by atoms with E-state index in [9.17, 15) is 16.8 Å². The molecule has 1 aliphatic heterocycles. The van der Waals surface area contributed by atoms with Crippen molar-refractivity contribution in [1.82, 2.24) is 4.31 Å². The number of thiophene rings is 1. The van der Waals surface area contributed by atoms with Crippen LogP contribution in [0.25, 0.3) is 0 Å². The fraction of sp³-hybridized carbons (Fsp3) is 0.333. The lowest BCUT2D eigenvalue weighted by molar-refractivity contribution is 0.0730. The largest absolute Gasteiger partial charge is 0.379 e. The van der Waals surface area contributed by atoms with Gasteiger partial charge in [-0.1, -0.05) is 12.1 Å². The summed E-state index contributed by atoms with van der Waals surface area (Å²) in [5.41, 5.74) is 0.774. The normalized spacial score (nSPS) is 16.7. The minimum Gasteiger partial charge on any atom is -0.379 e. The Morgan fingerprint density at radius 1 is 1.12 bits per heavy atom. The van der Waals surface area contributed by atoms with E-state index >= 15 is 0 Å². The number of hydrogen-bond donors (Lipinski definition) is 1. The number of ether oxygens (including phenoxy) is 1. The highest BCUT2D eigenvalue weighted by Gasteiger charge is 2.28. The second-order valence-corrected chi connectivity index (χ2v) is 10.3. The van der Waals surface area contributed by atoms with Gasteiger partial charge in [0.05, 0.1) is 23.8 Å². The Morgan fingerprint density at radius 3 is 2.48 bits per heavy atom. The van der Waals surface area contributed by atoms with Gasteiger partial charge in [-0.3, -0.25) is 4.72 Å².